The summed E-state index contributed by atoms with van der Waals surface area (Å²) in [5.74, 6) is 1.13. The van der Waals surface area contributed by atoms with Crippen LogP contribution in [0.4, 0.5) is 5.82 Å². The molecule has 1 aromatic heterocycles. The third kappa shape index (κ3) is 2.74. The van der Waals surface area contributed by atoms with E-state index in [0.717, 1.165) is 23.1 Å². The first-order chi connectivity index (χ1) is 10.3. The van der Waals surface area contributed by atoms with Crippen molar-refractivity contribution >= 4 is 29.2 Å². The molecule has 0 fully saturated rings. The van der Waals surface area contributed by atoms with Gasteiger partial charge in [-0.3, -0.25) is 4.68 Å². The fourth-order valence-electron chi connectivity index (χ4n) is 3.07. The maximum absolute atomic E-state index is 6.14. The summed E-state index contributed by atoms with van der Waals surface area (Å²) in [7, 11) is 2.01. The predicted molar refractivity (Wildman–Crippen MR) is 96.1 cm³/mol. The highest BCUT2D eigenvalue weighted by atomic mass is 35.5. The largest absolute Gasteiger partial charge is 0.369 e. The highest BCUT2D eigenvalue weighted by Crippen LogP contribution is 2.49. The van der Waals surface area contributed by atoms with Gasteiger partial charge in [-0.2, -0.15) is 5.10 Å². The topological polar surface area (TPSA) is 29.9 Å². The van der Waals surface area contributed by atoms with Crippen LogP contribution in [0.3, 0.4) is 0 Å². The molecule has 0 unspecified atom stereocenters. The smallest absolute Gasteiger partial charge is 0.128 e. The van der Waals surface area contributed by atoms with Gasteiger partial charge < -0.3 is 5.32 Å². The second kappa shape index (κ2) is 5.50. The summed E-state index contributed by atoms with van der Waals surface area (Å²) in [6, 6.07) is 6.20. The molecule has 0 aliphatic carbocycles. The molecule has 1 atom stereocenters. The minimum absolute atomic E-state index is 0.141. The summed E-state index contributed by atoms with van der Waals surface area (Å²) in [5, 5.41) is 9.27. The molecule has 2 heterocycles. The number of halogens is 1. The fourth-order valence-corrected chi connectivity index (χ4v) is 4.88. The Labute approximate surface area is 141 Å². The highest BCUT2D eigenvalue weighted by Gasteiger charge is 2.35. The van der Waals surface area contributed by atoms with E-state index in [4.69, 9.17) is 11.6 Å². The van der Waals surface area contributed by atoms with Crippen LogP contribution < -0.4 is 5.32 Å². The number of fused-ring (bicyclic) bond motifs is 1. The molecule has 1 aliphatic rings. The molecule has 2 aromatic rings. The minimum atomic E-state index is 0.141. The van der Waals surface area contributed by atoms with Crippen molar-refractivity contribution < 1.29 is 0 Å². The third-order valence-electron chi connectivity index (χ3n) is 4.16. The van der Waals surface area contributed by atoms with Crippen molar-refractivity contribution in [1.29, 1.82) is 0 Å². The Kier molecular flexibility index (Phi) is 3.94. The molecule has 0 radical (unpaired) electrons. The molecule has 0 amide bonds. The van der Waals surface area contributed by atoms with Crippen LogP contribution in [0.1, 0.15) is 41.5 Å². The number of aromatic nitrogens is 2. The molecule has 22 heavy (non-hydrogen) atoms. The average Bonchev–Trinajstić information content (AvgIpc) is 2.59. The van der Waals surface area contributed by atoms with E-state index in [1.807, 2.05) is 35.6 Å². The van der Waals surface area contributed by atoms with Gasteiger partial charge in [0, 0.05) is 28.9 Å². The Bertz CT molecular complexity index is 721. The molecule has 1 N–H and O–H groups in total. The molecule has 1 aliphatic heterocycles. The van der Waals surface area contributed by atoms with Crippen LogP contribution in [-0.2, 0) is 7.05 Å². The lowest BCUT2D eigenvalue weighted by Gasteiger charge is -2.27. The van der Waals surface area contributed by atoms with Crippen molar-refractivity contribution in [3.8, 4) is 0 Å². The maximum atomic E-state index is 6.14. The van der Waals surface area contributed by atoms with E-state index < -0.39 is 0 Å². The van der Waals surface area contributed by atoms with E-state index >= 15 is 0 Å². The van der Waals surface area contributed by atoms with E-state index in [0.29, 0.717) is 0 Å². The SMILES string of the molecule is Cc1cc(Cl)ccc1[C@@H]1SC(C)(C)CNc2c1c(C)nn2C. The monoisotopic (exact) mass is 335 g/mol. The number of aryl methyl sites for hydroxylation is 3. The number of thioether (sulfide) groups is 1. The summed E-state index contributed by atoms with van der Waals surface area (Å²) in [5.41, 5.74) is 4.94. The number of rotatable bonds is 1. The Balaban J connectivity index is 2.19. The summed E-state index contributed by atoms with van der Waals surface area (Å²) in [6.07, 6.45) is 0. The summed E-state index contributed by atoms with van der Waals surface area (Å²) >= 11 is 8.14. The van der Waals surface area contributed by atoms with Crippen molar-refractivity contribution in [3.63, 3.8) is 0 Å². The Hall–Kier alpha value is -1.13. The zero-order valence-electron chi connectivity index (χ0n) is 13.7. The van der Waals surface area contributed by atoms with Gasteiger partial charge in [-0.25, -0.2) is 0 Å². The van der Waals surface area contributed by atoms with Gasteiger partial charge in [0.15, 0.2) is 0 Å². The van der Waals surface area contributed by atoms with E-state index in [2.05, 4.69) is 44.2 Å². The summed E-state index contributed by atoms with van der Waals surface area (Å²) in [6.45, 7) is 9.73. The zero-order valence-corrected chi connectivity index (χ0v) is 15.3. The molecule has 118 valence electrons. The molecular weight excluding hydrogens is 314 g/mol. The van der Waals surface area contributed by atoms with Gasteiger partial charge in [0.05, 0.1) is 10.9 Å². The molecule has 0 saturated carbocycles. The standard InChI is InChI=1S/C17H22ClN3S/c1-10-8-12(18)6-7-13(10)15-14-11(2)20-21(5)16(14)19-9-17(3,4)22-15/h6-8,15,19H,9H2,1-5H3/t15-/m0/s1. The molecule has 5 heteroatoms. The molecule has 1 aromatic carbocycles. The number of anilines is 1. The fraction of sp³-hybridized carbons (Fsp3) is 0.471. The van der Waals surface area contributed by atoms with Crippen LogP contribution >= 0.6 is 23.4 Å². The van der Waals surface area contributed by atoms with Crippen LogP contribution in [0, 0.1) is 13.8 Å². The third-order valence-corrected chi connectivity index (χ3v) is 5.91. The normalized spacial score (nSPS) is 20.2. The van der Waals surface area contributed by atoms with Gasteiger partial charge in [0.2, 0.25) is 0 Å². The second-order valence-electron chi connectivity index (χ2n) is 6.58. The van der Waals surface area contributed by atoms with Crippen molar-refractivity contribution in [2.24, 2.45) is 7.05 Å². The number of hydrogen-bond acceptors (Lipinski definition) is 3. The molecule has 0 bridgehead atoms. The van der Waals surface area contributed by atoms with E-state index in [1.54, 1.807) is 0 Å². The van der Waals surface area contributed by atoms with E-state index in [9.17, 15) is 0 Å². The van der Waals surface area contributed by atoms with Gasteiger partial charge in [0.1, 0.15) is 5.82 Å². The molecule has 0 saturated heterocycles. The average molecular weight is 336 g/mol. The lowest BCUT2D eigenvalue weighted by molar-refractivity contribution is 0.721. The van der Waals surface area contributed by atoms with Gasteiger partial charge in [0.25, 0.3) is 0 Å². The first kappa shape index (κ1) is 15.8. The van der Waals surface area contributed by atoms with E-state index in [-0.39, 0.29) is 10.00 Å². The van der Waals surface area contributed by atoms with Crippen LogP contribution in [0.2, 0.25) is 5.02 Å². The number of nitrogens with zero attached hydrogens (tertiary/aromatic N) is 2. The summed E-state index contributed by atoms with van der Waals surface area (Å²) in [4.78, 5) is 0. The summed E-state index contributed by atoms with van der Waals surface area (Å²) < 4.78 is 2.10. The van der Waals surface area contributed by atoms with Crippen molar-refractivity contribution in [2.75, 3.05) is 11.9 Å². The van der Waals surface area contributed by atoms with Gasteiger partial charge >= 0.3 is 0 Å². The highest BCUT2D eigenvalue weighted by molar-refractivity contribution is 8.01. The molecular formula is C17H22ClN3S. The number of benzene rings is 1. The Morgan fingerprint density at radius 3 is 2.77 bits per heavy atom. The number of nitrogens with one attached hydrogen (secondary N) is 1. The van der Waals surface area contributed by atoms with Gasteiger partial charge in [-0.05, 0) is 51.0 Å². The van der Waals surface area contributed by atoms with Crippen molar-refractivity contribution in [3.05, 3.63) is 45.6 Å². The lowest BCUT2D eigenvalue weighted by Crippen LogP contribution is -2.26. The quantitative estimate of drug-likeness (QED) is 0.818. The number of hydrogen-bond donors (Lipinski definition) is 1. The Morgan fingerprint density at radius 2 is 2.09 bits per heavy atom. The van der Waals surface area contributed by atoms with Crippen molar-refractivity contribution in [2.45, 2.75) is 37.7 Å². The zero-order chi connectivity index (χ0) is 16.1. The van der Waals surface area contributed by atoms with Gasteiger partial charge in [-0.1, -0.05) is 17.7 Å². The van der Waals surface area contributed by atoms with Gasteiger partial charge in [-0.15, -0.1) is 11.8 Å². The molecule has 0 spiro atoms. The van der Waals surface area contributed by atoms with Crippen LogP contribution in [0.25, 0.3) is 0 Å². The molecule has 3 nitrogen and oxygen atoms in total. The van der Waals surface area contributed by atoms with Crippen LogP contribution in [0.5, 0.6) is 0 Å². The first-order valence-electron chi connectivity index (χ1n) is 7.50. The van der Waals surface area contributed by atoms with Crippen LogP contribution in [-0.4, -0.2) is 21.1 Å². The Morgan fingerprint density at radius 1 is 1.36 bits per heavy atom. The second-order valence-corrected chi connectivity index (χ2v) is 8.83. The minimum Gasteiger partial charge on any atom is -0.369 e. The predicted octanol–water partition coefficient (Wildman–Crippen LogP) is 4.72. The van der Waals surface area contributed by atoms with Crippen LogP contribution in [0.15, 0.2) is 18.2 Å². The van der Waals surface area contributed by atoms with E-state index in [1.165, 1.54) is 16.7 Å². The van der Waals surface area contributed by atoms with Crippen molar-refractivity contribution in [1.82, 2.24) is 9.78 Å². The molecule has 3 rings (SSSR count). The lowest BCUT2D eigenvalue weighted by atomic mass is 10.00. The maximum Gasteiger partial charge on any atom is 0.128 e. The first-order valence-corrected chi connectivity index (χ1v) is 8.75.